The summed E-state index contributed by atoms with van der Waals surface area (Å²) in [5.74, 6) is 0.936. The Morgan fingerprint density at radius 3 is 1.77 bits per heavy atom. The molecule has 3 aromatic rings. The molecule has 2 heteroatoms. The van der Waals surface area contributed by atoms with Crippen molar-refractivity contribution >= 4 is 0 Å². The molecule has 3 rings (SSSR count). The number of hydrogen-bond acceptors (Lipinski definition) is 2. The Morgan fingerprint density at radius 2 is 1.20 bits per heavy atom. The minimum atomic E-state index is 0.126. The summed E-state index contributed by atoms with van der Waals surface area (Å²) in [5.41, 5.74) is 6.12. The molecular formula is C28H34O2. The first-order chi connectivity index (χ1) is 14.7. The van der Waals surface area contributed by atoms with Gasteiger partial charge in [-0.05, 0) is 59.7 Å². The molecule has 0 amide bonds. The maximum atomic E-state index is 5.94. The number of ether oxygens (including phenoxy) is 2. The van der Waals surface area contributed by atoms with E-state index in [1.54, 1.807) is 0 Å². The Balaban J connectivity index is 1.76. The number of benzene rings is 3. The molecule has 0 aliphatic carbocycles. The van der Waals surface area contributed by atoms with Crippen molar-refractivity contribution in [3.05, 3.63) is 78.4 Å². The second kappa shape index (κ2) is 11.6. The Bertz CT molecular complexity index is 881. The maximum absolute atomic E-state index is 5.94. The van der Waals surface area contributed by atoms with E-state index in [2.05, 4.69) is 93.6 Å². The average Bonchev–Trinajstić information content (AvgIpc) is 2.80. The van der Waals surface area contributed by atoms with Crippen LogP contribution in [0.4, 0.5) is 0 Å². The topological polar surface area (TPSA) is 18.5 Å². The third-order valence-electron chi connectivity index (χ3n) is 5.42. The Morgan fingerprint density at radius 1 is 0.667 bits per heavy atom. The van der Waals surface area contributed by atoms with Crippen LogP contribution in [-0.2, 0) is 4.74 Å². The lowest BCUT2D eigenvalue weighted by Crippen LogP contribution is -2.01. The van der Waals surface area contributed by atoms with E-state index < -0.39 is 0 Å². The van der Waals surface area contributed by atoms with E-state index in [9.17, 15) is 0 Å². The van der Waals surface area contributed by atoms with E-state index in [1.165, 1.54) is 27.8 Å². The summed E-state index contributed by atoms with van der Waals surface area (Å²) in [5, 5.41) is 0. The van der Waals surface area contributed by atoms with E-state index in [-0.39, 0.29) is 6.10 Å². The molecule has 2 nitrogen and oxygen atoms in total. The van der Waals surface area contributed by atoms with Crippen molar-refractivity contribution in [2.24, 2.45) is 0 Å². The molecule has 0 aromatic heterocycles. The smallest absolute Gasteiger partial charge is 0.119 e. The van der Waals surface area contributed by atoms with Crippen molar-refractivity contribution < 1.29 is 9.47 Å². The van der Waals surface area contributed by atoms with Gasteiger partial charge in [0, 0.05) is 6.61 Å². The number of hydrogen-bond donors (Lipinski definition) is 0. The molecular weight excluding hydrogens is 368 g/mol. The molecule has 3 aromatic carbocycles. The van der Waals surface area contributed by atoms with Crippen molar-refractivity contribution in [3.8, 4) is 28.0 Å². The molecule has 1 unspecified atom stereocenters. The van der Waals surface area contributed by atoms with Crippen LogP contribution < -0.4 is 4.74 Å². The van der Waals surface area contributed by atoms with Gasteiger partial charge in [-0.3, -0.25) is 0 Å². The molecule has 0 heterocycles. The molecule has 1 atom stereocenters. The van der Waals surface area contributed by atoms with Crippen LogP contribution in [0.5, 0.6) is 5.75 Å². The summed E-state index contributed by atoms with van der Waals surface area (Å²) >= 11 is 0. The molecule has 0 spiro atoms. The van der Waals surface area contributed by atoms with E-state index in [4.69, 9.17) is 9.47 Å². The minimum absolute atomic E-state index is 0.126. The first kappa shape index (κ1) is 22.1. The van der Waals surface area contributed by atoms with E-state index in [0.717, 1.165) is 44.6 Å². The summed E-state index contributed by atoms with van der Waals surface area (Å²) in [6, 6.07) is 25.8. The van der Waals surface area contributed by atoms with Gasteiger partial charge in [0.05, 0.1) is 12.7 Å². The summed E-state index contributed by atoms with van der Waals surface area (Å²) in [6.45, 7) is 8.09. The van der Waals surface area contributed by atoms with E-state index in [0.29, 0.717) is 0 Å². The van der Waals surface area contributed by atoms with Gasteiger partial charge >= 0.3 is 0 Å². The fraction of sp³-hybridized carbons (Fsp3) is 0.357. The monoisotopic (exact) mass is 402 g/mol. The van der Waals surface area contributed by atoms with Gasteiger partial charge in [-0.25, -0.2) is 0 Å². The Hall–Kier alpha value is -2.58. The van der Waals surface area contributed by atoms with Crippen LogP contribution in [0.1, 0.15) is 58.1 Å². The normalized spacial score (nSPS) is 12.0. The zero-order chi connectivity index (χ0) is 21.2. The lowest BCUT2D eigenvalue weighted by atomic mass is 9.94. The highest BCUT2D eigenvalue weighted by Gasteiger charge is 2.10. The fourth-order valence-electron chi connectivity index (χ4n) is 3.49. The van der Waals surface area contributed by atoms with Crippen LogP contribution in [0.15, 0.2) is 72.8 Å². The molecule has 0 fully saturated rings. The standard InChI is InChI=1S/C28H34O2/c1-4-6-20-29-22(3)23-12-14-24(15-13-23)27-10-8-9-11-28(27)25-16-18-26(19-17-25)30-21-7-5-2/h8-19,22H,4-7,20-21H2,1-3H3. The maximum Gasteiger partial charge on any atom is 0.119 e. The predicted octanol–water partition coefficient (Wildman–Crippen LogP) is 8.08. The first-order valence-corrected chi connectivity index (χ1v) is 11.3. The number of rotatable bonds is 11. The van der Waals surface area contributed by atoms with Gasteiger partial charge in [0.2, 0.25) is 0 Å². The largest absolute Gasteiger partial charge is 0.494 e. The Kier molecular flexibility index (Phi) is 8.53. The van der Waals surface area contributed by atoms with Crippen molar-refractivity contribution in [2.75, 3.05) is 13.2 Å². The molecule has 0 saturated heterocycles. The molecule has 158 valence electrons. The van der Waals surface area contributed by atoms with Crippen LogP contribution >= 0.6 is 0 Å². The van der Waals surface area contributed by atoms with Crippen molar-refractivity contribution in [1.29, 1.82) is 0 Å². The second-order valence-corrected chi connectivity index (χ2v) is 7.76. The van der Waals surface area contributed by atoms with Crippen LogP contribution in [0.3, 0.4) is 0 Å². The molecule has 0 aliphatic rings. The van der Waals surface area contributed by atoms with Crippen LogP contribution in [0, 0.1) is 0 Å². The molecule has 0 saturated carbocycles. The van der Waals surface area contributed by atoms with Gasteiger partial charge in [-0.2, -0.15) is 0 Å². The third kappa shape index (κ3) is 5.96. The SMILES string of the molecule is CCCCOc1ccc(-c2ccccc2-c2ccc(C(C)OCCCC)cc2)cc1. The summed E-state index contributed by atoms with van der Waals surface area (Å²) < 4.78 is 11.8. The predicted molar refractivity (Wildman–Crippen MR) is 127 cm³/mol. The fourth-order valence-corrected chi connectivity index (χ4v) is 3.49. The highest BCUT2D eigenvalue weighted by molar-refractivity contribution is 5.83. The zero-order valence-corrected chi connectivity index (χ0v) is 18.6. The first-order valence-electron chi connectivity index (χ1n) is 11.3. The van der Waals surface area contributed by atoms with E-state index in [1.807, 2.05) is 0 Å². The van der Waals surface area contributed by atoms with Gasteiger partial charge < -0.3 is 9.47 Å². The molecule has 0 N–H and O–H groups in total. The molecule has 30 heavy (non-hydrogen) atoms. The van der Waals surface area contributed by atoms with Gasteiger partial charge in [0.15, 0.2) is 0 Å². The highest BCUT2D eigenvalue weighted by Crippen LogP contribution is 2.33. The van der Waals surface area contributed by atoms with Crippen LogP contribution in [-0.4, -0.2) is 13.2 Å². The summed E-state index contributed by atoms with van der Waals surface area (Å²) in [7, 11) is 0. The van der Waals surface area contributed by atoms with Gasteiger partial charge in [-0.15, -0.1) is 0 Å². The van der Waals surface area contributed by atoms with E-state index >= 15 is 0 Å². The van der Waals surface area contributed by atoms with Crippen molar-refractivity contribution in [2.45, 2.75) is 52.6 Å². The summed E-state index contributed by atoms with van der Waals surface area (Å²) in [6.07, 6.45) is 4.63. The molecule has 0 bridgehead atoms. The number of unbranched alkanes of at least 4 members (excludes halogenated alkanes) is 2. The molecule has 0 aliphatic heterocycles. The summed E-state index contributed by atoms with van der Waals surface area (Å²) in [4.78, 5) is 0. The lowest BCUT2D eigenvalue weighted by molar-refractivity contribution is 0.0637. The van der Waals surface area contributed by atoms with Crippen molar-refractivity contribution in [3.63, 3.8) is 0 Å². The zero-order valence-electron chi connectivity index (χ0n) is 18.6. The highest BCUT2D eigenvalue weighted by atomic mass is 16.5. The van der Waals surface area contributed by atoms with Gasteiger partial charge in [0.25, 0.3) is 0 Å². The quantitative estimate of drug-likeness (QED) is 0.302. The lowest BCUT2D eigenvalue weighted by Gasteiger charge is -2.15. The average molecular weight is 403 g/mol. The van der Waals surface area contributed by atoms with Crippen LogP contribution in [0.2, 0.25) is 0 Å². The Labute approximate surface area is 181 Å². The van der Waals surface area contributed by atoms with Crippen LogP contribution in [0.25, 0.3) is 22.3 Å². The molecule has 0 radical (unpaired) electrons. The minimum Gasteiger partial charge on any atom is -0.494 e. The second-order valence-electron chi connectivity index (χ2n) is 7.76. The van der Waals surface area contributed by atoms with Crippen molar-refractivity contribution in [1.82, 2.24) is 0 Å². The third-order valence-corrected chi connectivity index (χ3v) is 5.42. The van der Waals surface area contributed by atoms with Gasteiger partial charge in [-0.1, -0.05) is 87.4 Å². The van der Waals surface area contributed by atoms with Gasteiger partial charge in [0.1, 0.15) is 5.75 Å².